The van der Waals surface area contributed by atoms with Crippen LogP contribution < -0.4 is 5.32 Å². The molecule has 0 saturated carbocycles. The zero-order chi connectivity index (χ0) is 48.6. The van der Waals surface area contributed by atoms with Crippen molar-refractivity contribution in [3.05, 3.63) is 24.3 Å². The number of amides is 1. The summed E-state index contributed by atoms with van der Waals surface area (Å²) in [6.07, 6.45) is 69.1. The Labute approximate surface area is 418 Å². The first-order valence-corrected chi connectivity index (χ1v) is 30.1. The van der Waals surface area contributed by atoms with E-state index in [1.165, 1.54) is 244 Å². The number of aliphatic hydroxyl groups excluding tert-OH is 2. The van der Waals surface area contributed by atoms with Crippen molar-refractivity contribution in [2.75, 3.05) is 13.2 Å². The second-order valence-corrected chi connectivity index (χ2v) is 20.7. The molecule has 6 nitrogen and oxygen atoms in total. The molecule has 396 valence electrons. The predicted molar refractivity (Wildman–Crippen MR) is 292 cm³/mol. The van der Waals surface area contributed by atoms with Crippen LogP contribution in [0.5, 0.6) is 0 Å². The number of unbranched alkanes of at least 4 members (excludes halogenated alkanes) is 41. The Balaban J connectivity index is 3.43. The lowest BCUT2D eigenvalue weighted by molar-refractivity contribution is -0.143. The zero-order valence-electron chi connectivity index (χ0n) is 45.1. The molecule has 0 aromatic rings. The van der Waals surface area contributed by atoms with E-state index in [0.29, 0.717) is 25.9 Å². The van der Waals surface area contributed by atoms with Crippen molar-refractivity contribution in [1.82, 2.24) is 5.32 Å². The van der Waals surface area contributed by atoms with Crippen molar-refractivity contribution < 1.29 is 24.5 Å². The van der Waals surface area contributed by atoms with Gasteiger partial charge < -0.3 is 20.3 Å². The molecular formula is C61H117NO5. The zero-order valence-corrected chi connectivity index (χ0v) is 45.1. The van der Waals surface area contributed by atoms with Crippen molar-refractivity contribution in [3.8, 4) is 0 Å². The minimum Gasteiger partial charge on any atom is -0.465 e. The number of esters is 1. The molecule has 67 heavy (non-hydrogen) atoms. The van der Waals surface area contributed by atoms with Crippen LogP contribution in [0.3, 0.4) is 0 Å². The van der Waals surface area contributed by atoms with Gasteiger partial charge in [-0.25, -0.2) is 0 Å². The third kappa shape index (κ3) is 53.5. The molecule has 0 aromatic carbocycles. The van der Waals surface area contributed by atoms with Crippen LogP contribution in [0, 0.1) is 0 Å². The Morgan fingerprint density at radius 2 is 0.746 bits per heavy atom. The van der Waals surface area contributed by atoms with Crippen LogP contribution in [-0.2, 0) is 14.3 Å². The van der Waals surface area contributed by atoms with Crippen molar-refractivity contribution >= 4 is 11.9 Å². The average molecular weight is 945 g/mol. The van der Waals surface area contributed by atoms with Gasteiger partial charge in [-0.1, -0.05) is 295 Å². The van der Waals surface area contributed by atoms with Gasteiger partial charge in [-0.15, -0.1) is 0 Å². The molecular weight excluding hydrogens is 827 g/mol. The SMILES string of the molecule is CCCCCCCCCCCCCCCCCCC(=O)OCC/C=C\C/C=C\CCCCCCCCCCCCCCCCC(=O)NC(CO)C(O)CCCCCCCCCCCCCCC. The predicted octanol–water partition coefficient (Wildman–Crippen LogP) is 18.6. The highest BCUT2D eigenvalue weighted by molar-refractivity contribution is 5.76. The molecule has 6 heteroatoms. The molecule has 0 aliphatic carbocycles. The van der Waals surface area contributed by atoms with Gasteiger partial charge in [0.25, 0.3) is 0 Å². The maximum atomic E-state index is 12.5. The van der Waals surface area contributed by atoms with Crippen LogP contribution in [0.4, 0.5) is 0 Å². The maximum Gasteiger partial charge on any atom is 0.305 e. The third-order valence-electron chi connectivity index (χ3n) is 14.0. The lowest BCUT2D eigenvalue weighted by Crippen LogP contribution is -2.45. The van der Waals surface area contributed by atoms with Crippen LogP contribution in [-0.4, -0.2) is 47.4 Å². The van der Waals surface area contributed by atoms with Crippen LogP contribution >= 0.6 is 0 Å². The molecule has 3 N–H and O–H groups in total. The Hall–Kier alpha value is -1.66. The molecule has 2 atom stereocenters. The summed E-state index contributed by atoms with van der Waals surface area (Å²) in [5.41, 5.74) is 0. The molecule has 0 radical (unpaired) electrons. The second kappa shape index (κ2) is 56.9. The minimum atomic E-state index is -0.666. The van der Waals surface area contributed by atoms with E-state index in [9.17, 15) is 19.8 Å². The monoisotopic (exact) mass is 944 g/mol. The van der Waals surface area contributed by atoms with Gasteiger partial charge in [0.15, 0.2) is 0 Å². The third-order valence-corrected chi connectivity index (χ3v) is 14.0. The number of hydrogen-bond donors (Lipinski definition) is 3. The van der Waals surface area contributed by atoms with Crippen molar-refractivity contribution in [2.24, 2.45) is 0 Å². The summed E-state index contributed by atoms with van der Waals surface area (Å²) in [7, 11) is 0. The Morgan fingerprint density at radius 3 is 1.13 bits per heavy atom. The number of aliphatic hydroxyl groups is 2. The van der Waals surface area contributed by atoms with E-state index in [2.05, 4.69) is 43.5 Å². The molecule has 0 spiro atoms. The van der Waals surface area contributed by atoms with E-state index in [0.717, 1.165) is 51.4 Å². The van der Waals surface area contributed by atoms with Crippen molar-refractivity contribution in [2.45, 2.75) is 341 Å². The molecule has 0 aliphatic heterocycles. The molecule has 1 amide bonds. The maximum absolute atomic E-state index is 12.5. The molecule has 0 aliphatic rings. The first kappa shape index (κ1) is 65.3. The first-order valence-electron chi connectivity index (χ1n) is 30.1. The topological polar surface area (TPSA) is 95.9 Å². The number of allylic oxidation sites excluding steroid dienone is 3. The van der Waals surface area contributed by atoms with Crippen LogP contribution in [0.2, 0.25) is 0 Å². The lowest BCUT2D eigenvalue weighted by Gasteiger charge is -2.22. The lowest BCUT2D eigenvalue weighted by atomic mass is 10.0. The summed E-state index contributed by atoms with van der Waals surface area (Å²) < 4.78 is 5.43. The molecule has 0 aromatic heterocycles. The molecule has 0 fully saturated rings. The van der Waals surface area contributed by atoms with Crippen molar-refractivity contribution in [1.29, 1.82) is 0 Å². The van der Waals surface area contributed by atoms with E-state index in [1.54, 1.807) is 0 Å². The fraction of sp³-hybridized carbons (Fsp3) is 0.902. The van der Waals surface area contributed by atoms with E-state index in [1.807, 2.05) is 0 Å². The van der Waals surface area contributed by atoms with Crippen LogP contribution in [0.25, 0.3) is 0 Å². The highest BCUT2D eigenvalue weighted by atomic mass is 16.5. The summed E-state index contributed by atoms with van der Waals surface area (Å²) in [6, 6.07) is -0.544. The Kier molecular flexibility index (Phi) is 55.5. The van der Waals surface area contributed by atoms with Gasteiger partial charge in [0.2, 0.25) is 5.91 Å². The number of carbonyl (C=O) groups excluding carboxylic acids is 2. The molecule has 0 saturated heterocycles. The van der Waals surface area contributed by atoms with E-state index in [-0.39, 0.29) is 18.5 Å². The fourth-order valence-corrected chi connectivity index (χ4v) is 9.42. The number of ether oxygens (including phenoxy) is 1. The summed E-state index contributed by atoms with van der Waals surface area (Å²) in [4.78, 5) is 24.5. The largest absolute Gasteiger partial charge is 0.465 e. The normalized spacial score (nSPS) is 12.7. The Morgan fingerprint density at radius 1 is 0.418 bits per heavy atom. The number of carbonyl (C=O) groups is 2. The van der Waals surface area contributed by atoms with E-state index >= 15 is 0 Å². The van der Waals surface area contributed by atoms with Gasteiger partial charge in [-0.2, -0.15) is 0 Å². The standard InChI is InChI=1S/C61H117NO5/c1-3-5-7-9-11-13-15-17-18-27-31-35-39-43-47-51-55-61(66)67-56-52-48-44-40-36-32-28-25-23-21-19-20-22-24-26-30-34-38-42-46-50-54-60(65)62-58(57-63)59(64)53-49-45-41-37-33-29-16-14-12-10-8-6-4-2/h32,36,44,48,58-59,63-64H,3-31,33-35,37-43,45-47,49-57H2,1-2H3,(H,62,65)/b36-32-,48-44-. The fourth-order valence-electron chi connectivity index (χ4n) is 9.42. The van der Waals surface area contributed by atoms with Crippen LogP contribution in [0.1, 0.15) is 328 Å². The highest BCUT2D eigenvalue weighted by Gasteiger charge is 2.20. The van der Waals surface area contributed by atoms with Gasteiger partial charge in [-0.3, -0.25) is 9.59 Å². The smallest absolute Gasteiger partial charge is 0.305 e. The van der Waals surface area contributed by atoms with Crippen LogP contribution in [0.15, 0.2) is 24.3 Å². The van der Waals surface area contributed by atoms with Gasteiger partial charge in [-0.05, 0) is 44.9 Å². The van der Waals surface area contributed by atoms with Gasteiger partial charge in [0.05, 0.1) is 25.4 Å². The molecule has 0 heterocycles. The molecule has 0 rings (SSSR count). The number of rotatable bonds is 56. The quantitative estimate of drug-likeness (QED) is 0.0321. The summed E-state index contributed by atoms with van der Waals surface area (Å²) >= 11 is 0. The van der Waals surface area contributed by atoms with Gasteiger partial charge >= 0.3 is 5.97 Å². The molecule has 0 bridgehead atoms. The summed E-state index contributed by atoms with van der Waals surface area (Å²) in [5, 5.41) is 23.2. The molecule has 2 unspecified atom stereocenters. The van der Waals surface area contributed by atoms with E-state index in [4.69, 9.17) is 4.74 Å². The Bertz CT molecular complexity index is 1040. The summed E-state index contributed by atoms with van der Waals surface area (Å²) in [6.45, 7) is 4.86. The van der Waals surface area contributed by atoms with Crippen molar-refractivity contribution in [3.63, 3.8) is 0 Å². The van der Waals surface area contributed by atoms with Gasteiger partial charge in [0.1, 0.15) is 0 Å². The van der Waals surface area contributed by atoms with Gasteiger partial charge in [0, 0.05) is 12.8 Å². The summed E-state index contributed by atoms with van der Waals surface area (Å²) in [5.74, 6) is -0.0702. The second-order valence-electron chi connectivity index (χ2n) is 20.7. The first-order chi connectivity index (χ1) is 33.0. The minimum absolute atomic E-state index is 0.0315. The number of hydrogen-bond acceptors (Lipinski definition) is 5. The highest BCUT2D eigenvalue weighted by Crippen LogP contribution is 2.18. The van der Waals surface area contributed by atoms with E-state index < -0.39 is 12.1 Å². The number of nitrogens with one attached hydrogen (secondary N) is 1. The average Bonchev–Trinajstić information content (AvgIpc) is 3.33.